The van der Waals surface area contributed by atoms with E-state index < -0.39 is 5.97 Å². The fraction of sp³-hybridized carbons (Fsp3) is 0.353. The van der Waals surface area contributed by atoms with Gasteiger partial charge in [-0.15, -0.1) is 0 Å². The summed E-state index contributed by atoms with van der Waals surface area (Å²) < 4.78 is 0. The molecule has 5 heteroatoms. The molecule has 3 rings (SSSR count). The first-order valence-electron chi connectivity index (χ1n) is 7.47. The summed E-state index contributed by atoms with van der Waals surface area (Å²) in [6, 6.07) is 6.79. The molecule has 1 N–H and O–H groups in total. The number of amides is 2. The Morgan fingerprint density at radius 3 is 2.09 bits per heavy atom. The SMILES string of the molecule is O=C(O)C=Cc1ccc(N2C(=O)C3CCCCC3C2=O)cc1. The van der Waals surface area contributed by atoms with Gasteiger partial charge in [-0.1, -0.05) is 25.0 Å². The number of hydrogen-bond acceptors (Lipinski definition) is 3. The molecule has 2 unspecified atom stereocenters. The molecule has 0 bridgehead atoms. The van der Waals surface area contributed by atoms with Crippen LogP contribution in [0.4, 0.5) is 5.69 Å². The predicted octanol–water partition coefficient (Wildman–Crippen LogP) is 2.46. The molecule has 1 aromatic rings. The molecule has 0 aromatic heterocycles. The van der Waals surface area contributed by atoms with Crippen LogP contribution < -0.4 is 4.90 Å². The lowest BCUT2D eigenvalue weighted by Gasteiger charge is -2.19. The summed E-state index contributed by atoms with van der Waals surface area (Å²) in [5, 5.41) is 8.61. The molecule has 2 fully saturated rings. The third kappa shape index (κ3) is 2.54. The number of carboxylic acids is 1. The smallest absolute Gasteiger partial charge is 0.328 e. The van der Waals surface area contributed by atoms with Crippen LogP contribution in [0.3, 0.4) is 0 Å². The highest BCUT2D eigenvalue weighted by Crippen LogP contribution is 2.40. The van der Waals surface area contributed by atoms with Crippen LogP contribution in [0.1, 0.15) is 31.2 Å². The Morgan fingerprint density at radius 2 is 1.59 bits per heavy atom. The molecule has 22 heavy (non-hydrogen) atoms. The lowest BCUT2D eigenvalue weighted by atomic mass is 9.81. The molecule has 2 aliphatic rings. The fourth-order valence-electron chi connectivity index (χ4n) is 3.32. The highest BCUT2D eigenvalue weighted by Gasteiger charge is 2.48. The van der Waals surface area contributed by atoms with E-state index in [0.29, 0.717) is 11.3 Å². The van der Waals surface area contributed by atoms with Gasteiger partial charge in [-0.25, -0.2) is 4.79 Å². The minimum absolute atomic E-state index is 0.0940. The van der Waals surface area contributed by atoms with Crippen LogP contribution in [0.5, 0.6) is 0 Å². The van der Waals surface area contributed by atoms with Gasteiger partial charge in [0.1, 0.15) is 0 Å². The molecule has 1 saturated carbocycles. The van der Waals surface area contributed by atoms with E-state index in [4.69, 9.17) is 5.11 Å². The zero-order chi connectivity index (χ0) is 15.7. The van der Waals surface area contributed by atoms with Crippen molar-refractivity contribution in [3.8, 4) is 0 Å². The van der Waals surface area contributed by atoms with E-state index in [2.05, 4.69) is 0 Å². The average molecular weight is 299 g/mol. The molecular weight excluding hydrogens is 282 g/mol. The molecule has 0 spiro atoms. The van der Waals surface area contributed by atoms with Gasteiger partial charge in [-0.2, -0.15) is 0 Å². The van der Waals surface area contributed by atoms with Gasteiger partial charge >= 0.3 is 5.97 Å². The van der Waals surface area contributed by atoms with Crippen LogP contribution in [0.15, 0.2) is 30.3 Å². The van der Waals surface area contributed by atoms with Crippen LogP contribution in [-0.2, 0) is 14.4 Å². The fourth-order valence-corrected chi connectivity index (χ4v) is 3.32. The van der Waals surface area contributed by atoms with Crippen LogP contribution in [-0.4, -0.2) is 22.9 Å². The van der Waals surface area contributed by atoms with Gasteiger partial charge in [0.2, 0.25) is 11.8 Å². The molecule has 1 aliphatic heterocycles. The van der Waals surface area contributed by atoms with Gasteiger partial charge in [0, 0.05) is 6.08 Å². The molecule has 1 saturated heterocycles. The lowest BCUT2D eigenvalue weighted by molar-refractivity contribution is -0.131. The van der Waals surface area contributed by atoms with Crippen molar-refractivity contribution in [3.05, 3.63) is 35.9 Å². The minimum atomic E-state index is -1.02. The molecule has 1 aliphatic carbocycles. The Hall–Kier alpha value is -2.43. The Balaban J connectivity index is 1.83. The number of carboxylic acid groups (broad SMARTS) is 1. The summed E-state index contributed by atoms with van der Waals surface area (Å²) in [4.78, 5) is 36.7. The topological polar surface area (TPSA) is 74.7 Å². The second-order valence-corrected chi connectivity index (χ2v) is 5.77. The van der Waals surface area contributed by atoms with E-state index in [1.165, 1.54) is 11.0 Å². The maximum atomic E-state index is 12.5. The highest BCUT2D eigenvalue weighted by molar-refractivity contribution is 6.22. The zero-order valence-electron chi connectivity index (χ0n) is 12.1. The van der Waals surface area contributed by atoms with Gasteiger partial charge in [0.05, 0.1) is 17.5 Å². The van der Waals surface area contributed by atoms with Gasteiger partial charge in [-0.3, -0.25) is 14.5 Å². The number of hydrogen-bond donors (Lipinski definition) is 1. The van der Waals surface area contributed by atoms with E-state index >= 15 is 0 Å². The molecular formula is C17H17NO4. The normalized spacial score (nSPS) is 24.8. The van der Waals surface area contributed by atoms with Crippen molar-refractivity contribution < 1.29 is 19.5 Å². The van der Waals surface area contributed by atoms with Crippen LogP contribution in [0.2, 0.25) is 0 Å². The Labute approximate surface area is 128 Å². The first-order valence-corrected chi connectivity index (χ1v) is 7.47. The number of rotatable bonds is 3. The predicted molar refractivity (Wildman–Crippen MR) is 81.1 cm³/mol. The summed E-state index contributed by atoms with van der Waals surface area (Å²) in [6.45, 7) is 0. The second-order valence-electron chi connectivity index (χ2n) is 5.77. The zero-order valence-corrected chi connectivity index (χ0v) is 12.1. The third-order valence-electron chi connectivity index (χ3n) is 4.41. The van der Waals surface area contributed by atoms with Crippen LogP contribution in [0.25, 0.3) is 6.08 Å². The van der Waals surface area contributed by atoms with Crippen LogP contribution in [0, 0.1) is 11.8 Å². The number of benzene rings is 1. The molecule has 1 aromatic carbocycles. The first-order chi connectivity index (χ1) is 10.6. The standard InChI is InChI=1S/C17H17NO4/c19-15(20)10-7-11-5-8-12(9-6-11)18-16(21)13-3-1-2-4-14(13)17(18)22/h5-10,13-14H,1-4H2,(H,19,20). The van der Waals surface area contributed by atoms with E-state index in [9.17, 15) is 14.4 Å². The number of fused-ring (bicyclic) bond motifs is 1. The van der Waals surface area contributed by atoms with E-state index in [1.807, 2.05) is 0 Å². The van der Waals surface area contributed by atoms with Crippen LogP contribution >= 0.6 is 0 Å². The van der Waals surface area contributed by atoms with Crippen molar-refractivity contribution in [1.29, 1.82) is 0 Å². The molecule has 2 amide bonds. The molecule has 0 radical (unpaired) electrons. The molecule has 5 nitrogen and oxygen atoms in total. The maximum absolute atomic E-state index is 12.5. The Morgan fingerprint density at radius 1 is 1.05 bits per heavy atom. The largest absolute Gasteiger partial charge is 0.478 e. The van der Waals surface area contributed by atoms with Gasteiger partial charge in [0.15, 0.2) is 0 Å². The summed E-state index contributed by atoms with van der Waals surface area (Å²) in [7, 11) is 0. The quantitative estimate of drug-likeness (QED) is 0.687. The van der Waals surface area contributed by atoms with Gasteiger partial charge in [-0.05, 0) is 36.6 Å². The summed E-state index contributed by atoms with van der Waals surface area (Å²) in [5.74, 6) is -1.52. The van der Waals surface area contributed by atoms with Crippen molar-refractivity contribution in [2.45, 2.75) is 25.7 Å². The number of imide groups is 1. The second kappa shape index (κ2) is 5.75. The molecule has 2 atom stereocenters. The monoisotopic (exact) mass is 299 g/mol. The highest BCUT2D eigenvalue weighted by atomic mass is 16.4. The van der Waals surface area contributed by atoms with Crippen molar-refractivity contribution in [2.24, 2.45) is 11.8 Å². The minimum Gasteiger partial charge on any atom is -0.478 e. The lowest BCUT2D eigenvalue weighted by Crippen LogP contribution is -2.30. The van der Waals surface area contributed by atoms with E-state index in [1.54, 1.807) is 24.3 Å². The van der Waals surface area contributed by atoms with Crippen molar-refractivity contribution in [3.63, 3.8) is 0 Å². The number of carbonyl (C=O) groups excluding carboxylic acids is 2. The average Bonchev–Trinajstić information content (AvgIpc) is 2.78. The van der Waals surface area contributed by atoms with Crippen molar-refractivity contribution >= 4 is 29.5 Å². The van der Waals surface area contributed by atoms with E-state index in [0.717, 1.165) is 31.8 Å². The Kier molecular flexibility index (Phi) is 3.79. The Bertz CT molecular complexity index is 623. The number of nitrogens with zero attached hydrogens (tertiary/aromatic N) is 1. The van der Waals surface area contributed by atoms with E-state index in [-0.39, 0.29) is 23.7 Å². The first kappa shape index (κ1) is 14.5. The number of carbonyl (C=O) groups is 3. The summed E-state index contributed by atoms with van der Waals surface area (Å²) in [5.41, 5.74) is 1.28. The number of aliphatic carboxylic acids is 1. The maximum Gasteiger partial charge on any atom is 0.328 e. The summed E-state index contributed by atoms with van der Waals surface area (Å²) >= 11 is 0. The third-order valence-corrected chi connectivity index (χ3v) is 4.41. The van der Waals surface area contributed by atoms with Gasteiger partial charge in [0.25, 0.3) is 0 Å². The molecule has 1 heterocycles. The van der Waals surface area contributed by atoms with Gasteiger partial charge < -0.3 is 5.11 Å². The van der Waals surface area contributed by atoms with Crippen molar-refractivity contribution in [1.82, 2.24) is 0 Å². The summed E-state index contributed by atoms with van der Waals surface area (Å²) in [6.07, 6.45) is 6.13. The molecule has 114 valence electrons. The number of anilines is 1. The van der Waals surface area contributed by atoms with Crippen molar-refractivity contribution in [2.75, 3.05) is 4.90 Å².